The molecule has 7 rings (SSSR count). The Bertz CT molecular complexity index is 4180. The maximum absolute atomic E-state index is 12.3. The van der Waals surface area contributed by atoms with Gasteiger partial charge in [0.05, 0.1) is 165 Å². The van der Waals surface area contributed by atoms with Crippen LogP contribution in [0.4, 0.5) is 4.79 Å². The van der Waals surface area contributed by atoms with Gasteiger partial charge in [0.2, 0.25) is 5.91 Å². The van der Waals surface area contributed by atoms with Crippen LogP contribution in [0.25, 0.3) is 0 Å². The number of methoxy groups -OCH3 is 4. The van der Waals surface area contributed by atoms with Crippen LogP contribution in [0.15, 0.2) is 84.9 Å². The van der Waals surface area contributed by atoms with Gasteiger partial charge in [0.25, 0.3) is 23.6 Å². The summed E-state index contributed by atoms with van der Waals surface area (Å²) in [6, 6.07) is 29.4. The Kier molecular flexibility index (Phi) is 66.2. The van der Waals surface area contributed by atoms with Crippen molar-refractivity contribution in [3.63, 3.8) is 0 Å². The number of amides is 7. The average molecular weight is 2220 g/mol. The summed E-state index contributed by atoms with van der Waals surface area (Å²) in [5.41, 5.74) is 0.889. The third-order valence-electron chi connectivity index (χ3n) is 21.0. The average Bonchev–Trinajstić information content (AvgIpc) is 1.53. The van der Waals surface area contributed by atoms with Crippen molar-refractivity contribution >= 4 is 133 Å². The molecule has 45 heteroatoms. The summed E-state index contributed by atoms with van der Waals surface area (Å²) < 4.78 is 113. The van der Waals surface area contributed by atoms with E-state index in [0.29, 0.717) is 173 Å². The van der Waals surface area contributed by atoms with Crippen LogP contribution in [0.1, 0.15) is 281 Å². The number of urea groups is 1. The van der Waals surface area contributed by atoms with Crippen molar-refractivity contribution in [2.45, 2.75) is 322 Å². The van der Waals surface area contributed by atoms with Crippen molar-refractivity contribution in [3.8, 4) is 5.75 Å². The molecule has 4 aliphatic heterocycles. The summed E-state index contributed by atoms with van der Waals surface area (Å²) in [6.45, 7) is 25.7. The van der Waals surface area contributed by atoms with Crippen molar-refractivity contribution < 1.29 is 140 Å². The number of carbonyl (C=O) groups excluding carboxylic acids is 8. The summed E-state index contributed by atoms with van der Waals surface area (Å²) >= 11 is 24.2. The fourth-order valence-electron chi connectivity index (χ4n) is 14.6. The van der Waals surface area contributed by atoms with Gasteiger partial charge >= 0.3 is 44.8 Å². The zero-order chi connectivity index (χ0) is 107. The normalized spacial score (nSPS) is 17.4. The first-order chi connectivity index (χ1) is 68.7. The zero-order valence-corrected chi connectivity index (χ0v) is 96.9. The van der Waals surface area contributed by atoms with E-state index < -0.39 is 90.4 Å². The highest BCUT2D eigenvalue weighted by Crippen LogP contribution is 2.57. The second kappa shape index (κ2) is 72.3. The first-order valence-electron chi connectivity index (χ1n) is 50.6. The topological polar surface area (TPSA) is 394 Å². The summed E-state index contributed by atoms with van der Waals surface area (Å²) in [5, 5.41) is 14.3. The van der Waals surface area contributed by atoms with Gasteiger partial charge in [0, 0.05) is 97.0 Å². The number of thioether (sulfide) groups is 1. The van der Waals surface area contributed by atoms with E-state index in [0.717, 1.165) is 118 Å². The molecular formula is C100H170N6O30P4S5. The smallest absolute Gasteiger partial charge is 0.333 e. The molecule has 830 valence electrons. The fraction of sp³-hybridized carbons (Fsp3) is 0.740. The third-order valence-corrected chi connectivity index (χ3v) is 33.2. The van der Waals surface area contributed by atoms with Crippen molar-refractivity contribution in [1.82, 2.24) is 31.4 Å². The summed E-state index contributed by atoms with van der Waals surface area (Å²) in [6.07, 6.45) is 17.0. The van der Waals surface area contributed by atoms with Crippen LogP contribution < -0.4 is 26.0 Å². The number of benzene rings is 3. The highest BCUT2D eigenvalue weighted by Gasteiger charge is 2.44. The Morgan fingerprint density at radius 1 is 0.428 bits per heavy atom. The molecule has 145 heavy (non-hydrogen) atoms. The number of hydrogen-bond donors (Lipinski definition) is 4. The minimum atomic E-state index is -2.92. The van der Waals surface area contributed by atoms with Gasteiger partial charge in [-0.1, -0.05) is 137 Å². The molecule has 4 heterocycles. The Hall–Kier alpha value is -4.43. The fourth-order valence-corrected chi connectivity index (χ4v) is 27.0. The molecule has 36 nitrogen and oxygen atoms in total. The Morgan fingerprint density at radius 2 is 0.807 bits per heavy atom. The first-order valence-corrected chi connectivity index (χ1v) is 61.9. The minimum absolute atomic E-state index is 0.0333. The maximum Gasteiger partial charge on any atom is 0.333 e. The van der Waals surface area contributed by atoms with E-state index in [1.165, 1.54) is 0 Å². The van der Waals surface area contributed by atoms with E-state index in [-0.39, 0.29) is 74.8 Å². The lowest BCUT2D eigenvalue weighted by Crippen LogP contribution is -2.46. The van der Waals surface area contributed by atoms with Gasteiger partial charge < -0.3 is 118 Å². The van der Waals surface area contributed by atoms with Crippen molar-refractivity contribution in [1.29, 1.82) is 0 Å². The maximum atomic E-state index is 12.3. The number of imide groups is 2. The van der Waals surface area contributed by atoms with E-state index in [2.05, 4.69) is 81.9 Å². The number of nitrogens with zero attached hydrogens (tertiary/aromatic N) is 2. The lowest BCUT2D eigenvalue weighted by Gasteiger charge is -2.37. The number of hydroxylamine groups is 4. The number of rotatable bonds is 73. The van der Waals surface area contributed by atoms with Gasteiger partial charge in [-0.15, -0.1) is 10.1 Å². The van der Waals surface area contributed by atoms with Crippen LogP contribution in [0.2, 0.25) is 0 Å². The first kappa shape index (κ1) is 133. The number of hydrogen-bond acceptors (Lipinski definition) is 36. The van der Waals surface area contributed by atoms with Crippen LogP contribution in [0.5, 0.6) is 5.75 Å². The van der Waals surface area contributed by atoms with E-state index in [4.69, 9.17) is 149 Å². The van der Waals surface area contributed by atoms with Crippen LogP contribution in [-0.2, 0) is 183 Å². The van der Waals surface area contributed by atoms with Gasteiger partial charge in [-0.2, -0.15) is 11.8 Å². The molecule has 0 bridgehead atoms. The molecule has 3 aromatic rings. The van der Waals surface area contributed by atoms with E-state index >= 15 is 0 Å². The second-order valence-electron chi connectivity index (χ2n) is 38.6. The molecule has 0 aromatic heterocycles. The highest BCUT2D eigenvalue weighted by molar-refractivity contribution is 8.08. The predicted molar refractivity (Wildman–Crippen MR) is 575 cm³/mol. The molecule has 4 N–H and O–H groups in total. The Balaban J connectivity index is 0.000000403. The standard InChI is InChI=1S/C31H42NO5PS.C23H44N3O7PS2.2C23H42NO9PS/c1-25(2)36-38(39,37-30(3,4)5)35-24-23-34-22-21-32-31(26-13-9-7-10-14-26,27-15-11-8-12-16-27)28-17-19-29(33-6)20-18-28;1-6-30-14-15-32-34(35,33-23(2,3)4)31-13-11-17(29-5)10-12-24-20(27)9-7-8-19-21-18(16-36-19)25-22(28)26-21;2*1-23(2,3)33-34(35,31-19-18-29-17-16-28-4)30-15-11-9-7-5-6-8-10-12-22(27)32-24-20(25)13-14-21(24)26/h7-20,25,32H,21-24H2,1-6H3;17-19,21H,6-16H2,1-5H3,(H,24,27)(H2,25,26,28);2*5-19H2,1-4H3. The van der Waals surface area contributed by atoms with Crippen LogP contribution in [0, 0.1) is 0 Å². The Morgan fingerprint density at radius 3 is 1.21 bits per heavy atom. The van der Waals surface area contributed by atoms with Crippen molar-refractivity contribution in [2.24, 2.45) is 0 Å². The molecule has 4 fully saturated rings. The number of fused-ring (bicyclic) bond motifs is 1. The Labute approximate surface area is 888 Å². The predicted octanol–water partition coefficient (Wildman–Crippen LogP) is 19.3. The summed E-state index contributed by atoms with van der Waals surface area (Å²) in [7, 11) is 6.57. The molecule has 8 atom stereocenters. The number of unbranched alkanes of at least 4 members (excludes halogenated alkanes) is 12. The van der Waals surface area contributed by atoms with Gasteiger partial charge in [0.15, 0.2) is 0 Å². The largest absolute Gasteiger partial charge is 0.497 e. The van der Waals surface area contributed by atoms with Gasteiger partial charge in [-0.25, -0.2) is 14.4 Å². The molecular weight excluding hydrogens is 2050 g/mol. The molecule has 0 spiro atoms. The zero-order valence-electron chi connectivity index (χ0n) is 89.3. The molecule has 8 unspecified atom stereocenters. The third kappa shape index (κ3) is 59.0. The molecule has 0 saturated carbocycles. The van der Waals surface area contributed by atoms with Crippen molar-refractivity contribution in [2.75, 3.05) is 160 Å². The van der Waals surface area contributed by atoms with E-state index in [1.807, 2.05) is 140 Å². The van der Waals surface area contributed by atoms with Crippen LogP contribution >= 0.6 is 38.6 Å². The molecule has 4 saturated heterocycles. The SMILES string of the molecule is CCOCCOP(=S)(OCCC(CCNC(=O)CCCC1SCC2NC(=O)NC21)OC)OC(C)(C)C.COCCOCCOP(=S)(OCCCCCCCCCC(=O)ON1C(=O)CCC1=O)OC(C)(C)C.COCCOCCOP(=S)(OCCCCCCCCCC(=O)ON1C(=O)CCC1=O)OC(C)(C)C.COc1ccc(C(NCCOCCOP(=S)(OC(C)C)OC(C)(C)C)(c2ccccc2)c2ccccc2)cc1. The van der Waals surface area contributed by atoms with Crippen LogP contribution in [0.3, 0.4) is 0 Å². The minimum Gasteiger partial charge on any atom is -0.497 e. The number of nitrogens with one attached hydrogen (secondary N) is 4. The molecule has 4 aliphatic rings. The molecule has 0 aliphatic carbocycles. The summed E-state index contributed by atoms with van der Waals surface area (Å²) in [4.78, 5) is 103. The lowest BCUT2D eigenvalue weighted by atomic mass is 9.77. The van der Waals surface area contributed by atoms with E-state index in [9.17, 15) is 38.4 Å². The van der Waals surface area contributed by atoms with E-state index in [1.54, 1.807) is 28.4 Å². The molecule has 0 radical (unpaired) electrons. The van der Waals surface area contributed by atoms with Crippen LogP contribution in [-0.4, -0.2) is 269 Å². The summed E-state index contributed by atoms with van der Waals surface area (Å²) in [5.74, 6) is -1.11. The lowest BCUT2D eigenvalue weighted by molar-refractivity contribution is -0.197. The monoisotopic (exact) mass is 2220 g/mol. The van der Waals surface area contributed by atoms with Gasteiger partial charge in [-0.05, 0) is 231 Å². The van der Waals surface area contributed by atoms with Gasteiger partial charge in [0.1, 0.15) is 5.75 Å². The highest BCUT2D eigenvalue weighted by atomic mass is 32.5. The van der Waals surface area contributed by atoms with Crippen molar-refractivity contribution in [3.05, 3.63) is 102 Å². The second-order valence-corrected chi connectivity index (χ2v) is 51.6. The van der Waals surface area contributed by atoms with Gasteiger partial charge in [-0.3, -0.25) is 29.3 Å². The molecule has 3 aromatic carbocycles. The number of ether oxygens (including phenoxy) is 8. The quantitative estimate of drug-likeness (QED) is 0.0134. The number of carbonyl (C=O) groups is 8. The molecule has 7 amide bonds.